The number of halogens is 2. The molecule has 3 aromatic carbocycles. The predicted molar refractivity (Wildman–Crippen MR) is 142 cm³/mol. The van der Waals surface area contributed by atoms with Gasteiger partial charge in [-0.3, -0.25) is 0 Å². The van der Waals surface area contributed by atoms with Crippen molar-refractivity contribution in [3.8, 4) is 17.6 Å². The van der Waals surface area contributed by atoms with Gasteiger partial charge in [0.15, 0.2) is 11.5 Å². The Kier molecular flexibility index (Phi) is 6.15. The molecule has 2 amide bonds. The highest BCUT2D eigenvalue weighted by Crippen LogP contribution is 2.41. The molecule has 1 aliphatic rings. The first kappa shape index (κ1) is 23.5. The van der Waals surface area contributed by atoms with Gasteiger partial charge in [-0.1, -0.05) is 67.0 Å². The standard InChI is InChI=1S/C27H19Cl2N5O2/c1-15(17-6-4-3-5-7-17)21-14-31-24-9-8-19(12-20(21)24)36-26-22(28)10-18(11-23(26)29)34-27(35)32-16(2)25(13-30)33-34/h3-12,14-15,31H,2H2,1H3,(H,32,35). The molecule has 36 heavy (non-hydrogen) atoms. The maximum absolute atomic E-state index is 12.4. The van der Waals surface area contributed by atoms with Crippen LogP contribution in [-0.2, 0) is 0 Å². The minimum Gasteiger partial charge on any atom is -0.454 e. The molecule has 5 rings (SSSR count). The minimum absolute atomic E-state index is 0.0255. The SMILES string of the molecule is C=C1NC(=O)N(c2cc(Cl)c(Oc3ccc4[nH]cc(C(C)c5ccccc5)c4c3)c(Cl)c2)N=C1C#N. The van der Waals surface area contributed by atoms with Gasteiger partial charge in [-0.15, -0.1) is 0 Å². The van der Waals surface area contributed by atoms with Gasteiger partial charge in [-0.2, -0.15) is 15.4 Å². The summed E-state index contributed by atoms with van der Waals surface area (Å²) in [7, 11) is 0. The fourth-order valence-corrected chi connectivity index (χ4v) is 4.61. The number of nitrogens with zero attached hydrogens (tertiary/aromatic N) is 3. The van der Waals surface area contributed by atoms with Crippen LogP contribution < -0.4 is 15.1 Å². The molecule has 7 nitrogen and oxygen atoms in total. The number of aromatic amines is 1. The smallest absolute Gasteiger partial charge is 0.347 e. The monoisotopic (exact) mass is 515 g/mol. The highest BCUT2D eigenvalue weighted by Gasteiger charge is 2.26. The van der Waals surface area contributed by atoms with E-state index in [1.165, 1.54) is 17.7 Å². The third-order valence-corrected chi connectivity index (χ3v) is 6.50. The predicted octanol–water partition coefficient (Wildman–Crippen LogP) is 7.34. The highest BCUT2D eigenvalue weighted by atomic mass is 35.5. The molecule has 1 unspecified atom stereocenters. The fourth-order valence-electron chi connectivity index (χ4n) is 4.06. The molecule has 0 bridgehead atoms. The van der Waals surface area contributed by atoms with E-state index in [0.29, 0.717) is 5.75 Å². The minimum atomic E-state index is -0.585. The first-order valence-electron chi connectivity index (χ1n) is 11.0. The van der Waals surface area contributed by atoms with Crippen molar-refractivity contribution in [1.82, 2.24) is 10.3 Å². The highest BCUT2D eigenvalue weighted by molar-refractivity contribution is 6.37. The van der Waals surface area contributed by atoms with Crippen LogP contribution >= 0.6 is 23.2 Å². The third kappa shape index (κ3) is 4.29. The molecule has 4 aromatic rings. The molecule has 0 saturated heterocycles. The summed E-state index contributed by atoms with van der Waals surface area (Å²) < 4.78 is 6.09. The van der Waals surface area contributed by atoms with Crippen LogP contribution in [0.1, 0.15) is 24.0 Å². The Hall–Kier alpha value is -4.25. The number of carbonyl (C=O) groups excluding carboxylic acids is 1. The molecule has 0 radical (unpaired) electrons. The molecule has 9 heteroatoms. The molecule has 0 fully saturated rings. The molecule has 2 heterocycles. The van der Waals surface area contributed by atoms with E-state index in [2.05, 4.69) is 41.0 Å². The fraction of sp³-hybridized carbons (Fsp3) is 0.0741. The Morgan fingerprint density at radius 3 is 2.53 bits per heavy atom. The van der Waals surface area contributed by atoms with Crippen molar-refractivity contribution < 1.29 is 9.53 Å². The Bertz CT molecular complexity index is 1560. The number of benzene rings is 3. The topological polar surface area (TPSA) is 93.5 Å². The Balaban J connectivity index is 1.47. The zero-order valence-corrected chi connectivity index (χ0v) is 20.6. The Morgan fingerprint density at radius 2 is 1.83 bits per heavy atom. The van der Waals surface area contributed by atoms with Crippen LogP contribution in [0.25, 0.3) is 10.9 Å². The van der Waals surface area contributed by atoms with Gasteiger partial charge in [0.1, 0.15) is 11.8 Å². The lowest BCUT2D eigenvalue weighted by atomic mass is 9.93. The van der Waals surface area contributed by atoms with E-state index in [4.69, 9.17) is 27.9 Å². The largest absolute Gasteiger partial charge is 0.454 e. The van der Waals surface area contributed by atoms with Crippen LogP contribution in [0.2, 0.25) is 10.0 Å². The van der Waals surface area contributed by atoms with Gasteiger partial charge < -0.3 is 15.0 Å². The van der Waals surface area contributed by atoms with Crippen molar-refractivity contribution in [3.05, 3.63) is 100 Å². The summed E-state index contributed by atoms with van der Waals surface area (Å²) in [6, 6.07) is 20.2. The van der Waals surface area contributed by atoms with Gasteiger partial charge in [-0.25, -0.2) is 4.79 Å². The number of H-pyrrole nitrogens is 1. The molecule has 0 spiro atoms. The number of fused-ring (bicyclic) bond motifs is 1. The second-order valence-electron chi connectivity index (χ2n) is 8.21. The van der Waals surface area contributed by atoms with E-state index < -0.39 is 6.03 Å². The lowest BCUT2D eigenvalue weighted by molar-refractivity contribution is 0.248. The van der Waals surface area contributed by atoms with Crippen LogP contribution in [0.3, 0.4) is 0 Å². The molecule has 0 saturated carbocycles. The number of nitrogens with one attached hydrogen (secondary N) is 2. The van der Waals surface area contributed by atoms with Crippen LogP contribution in [-0.4, -0.2) is 16.7 Å². The van der Waals surface area contributed by atoms with Gasteiger partial charge in [0, 0.05) is 23.0 Å². The second kappa shape index (κ2) is 9.42. The summed E-state index contributed by atoms with van der Waals surface area (Å²) in [6.07, 6.45) is 2.01. The zero-order chi connectivity index (χ0) is 25.4. The van der Waals surface area contributed by atoms with Gasteiger partial charge in [0.05, 0.1) is 21.4 Å². The normalized spacial score (nSPS) is 14.3. The Labute approximate surface area is 217 Å². The van der Waals surface area contributed by atoms with E-state index >= 15 is 0 Å². The average Bonchev–Trinajstić information content (AvgIpc) is 3.29. The second-order valence-corrected chi connectivity index (χ2v) is 9.02. The number of nitriles is 1. The number of ether oxygens (including phenoxy) is 1. The van der Waals surface area contributed by atoms with Gasteiger partial charge >= 0.3 is 6.03 Å². The summed E-state index contributed by atoms with van der Waals surface area (Å²) in [5, 5.41) is 18.1. The summed E-state index contributed by atoms with van der Waals surface area (Å²) in [5.41, 5.74) is 3.70. The molecule has 1 atom stereocenters. The van der Waals surface area contributed by atoms with Crippen molar-refractivity contribution in [3.63, 3.8) is 0 Å². The van der Waals surface area contributed by atoms with E-state index in [1.807, 2.05) is 48.7 Å². The molecular formula is C27H19Cl2N5O2. The number of anilines is 1. The zero-order valence-electron chi connectivity index (χ0n) is 19.0. The van der Waals surface area contributed by atoms with E-state index in [1.54, 1.807) is 0 Å². The number of allylic oxidation sites excluding steroid dienone is 1. The lowest BCUT2D eigenvalue weighted by Crippen LogP contribution is -2.42. The molecule has 178 valence electrons. The molecule has 2 N–H and O–H groups in total. The number of hydrogen-bond donors (Lipinski definition) is 2. The number of hydrogen-bond acceptors (Lipinski definition) is 4. The van der Waals surface area contributed by atoms with Crippen LogP contribution in [0.4, 0.5) is 10.5 Å². The summed E-state index contributed by atoms with van der Waals surface area (Å²) in [5.74, 6) is 0.963. The summed E-state index contributed by atoms with van der Waals surface area (Å²) >= 11 is 13.0. The molecular weight excluding hydrogens is 497 g/mol. The van der Waals surface area contributed by atoms with E-state index in [0.717, 1.165) is 21.5 Å². The number of amides is 2. The van der Waals surface area contributed by atoms with E-state index in [9.17, 15) is 10.1 Å². The molecule has 1 aliphatic heterocycles. The van der Waals surface area contributed by atoms with Crippen molar-refractivity contribution in [2.45, 2.75) is 12.8 Å². The lowest BCUT2D eigenvalue weighted by Gasteiger charge is -2.24. The molecule has 0 aliphatic carbocycles. The van der Waals surface area contributed by atoms with Gasteiger partial charge in [0.25, 0.3) is 0 Å². The van der Waals surface area contributed by atoms with Crippen LogP contribution in [0, 0.1) is 11.3 Å². The summed E-state index contributed by atoms with van der Waals surface area (Å²) in [4.78, 5) is 15.7. The Morgan fingerprint density at radius 1 is 1.11 bits per heavy atom. The van der Waals surface area contributed by atoms with Gasteiger partial charge in [0.2, 0.25) is 0 Å². The van der Waals surface area contributed by atoms with Crippen LogP contribution in [0.15, 0.2) is 84.2 Å². The number of aromatic nitrogens is 1. The number of hydrazone groups is 1. The van der Waals surface area contributed by atoms with Crippen molar-refractivity contribution in [2.75, 3.05) is 5.01 Å². The summed E-state index contributed by atoms with van der Waals surface area (Å²) in [6.45, 7) is 5.76. The number of rotatable bonds is 5. The van der Waals surface area contributed by atoms with Crippen molar-refractivity contribution in [2.24, 2.45) is 5.10 Å². The average molecular weight is 516 g/mol. The number of urea groups is 1. The van der Waals surface area contributed by atoms with Crippen LogP contribution in [0.5, 0.6) is 11.5 Å². The first-order valence-corrected chi connectivity index (χ1v) is 11.7. The first-order chi connectivity index (χ1) is 17.4. The van der Waals surface area contributed by atoms with Crippen molar-refractivity contribution >= 4 is 51.5 Å². The van der Waals surface area contributed by atoms with E-state index in [-0.39, 0.29) is 38.8 Å². The van der Waals surface area contributed by atoms with Gasteiger partial charge in [-0.05, 0) is 41.5 Å². The maximum atomic E-state index is 12.4. The molecule has 1 aromatic heterocycles. The van der Waals surface area contributed by atoms with Crippen molar-refractivity contribution in [1.29, 1.82) is 5.26 Å². The quantitative estimate of drug-likeness (QED) is 0.291. The third-order valence-electron chi connectivity index (χ3n) is 5.94. The number of carbonyl (C=O) groups is 1. The maximum Gasteiger partial charge on any atom is 0.347 e.